The normalized spacial score (nSPS) is 24.6. The molecule has 5 atom stereocenters. The first-order valence-corrected chi connectivity index (χ1v) is 10.2. The minimum Gasteiger partial charge on any atom is -0.421 e. The van der Waals surface area contributed by atoms with Crippen LogP contribution in [0.15, 0.2) is 59.0 Å². The molecule has 1 aliphatic heterocycles. The molecule has 0 saturated carbocycles. The van der Waals surface area contributed by atoms with E-state index in [-0.39, 0.29) is 6.61 Å². The maximum Gasteiger partial charge on any atom is 0.247 e. The number of aliphatic hydroxyl groups excluding tert-OH is 4. The van der Waals surface area contributed by atoms with E-state index in [2.05, 4.69) is 22.0 Å². The van der Waals surface area contributed by atoms with Gasteiger partial charge in [-0.3, -0.25) is 0 Å². The van der Waals surface area contributed by atoms with E-state index in [1.165, 1.54) is 0 Å². The minimum atomic E-state index is -1.24. The number of benzene rings is 2. The Balaban J connectivity index is 0.000000207. The van der Waals surface area contributed by atoms with Crippen LogP contribution >= 0.6 is 0 Å². The molecular formula is C24H26N2O6. The standard InChI is InChI=1S/C17H12N2O.C7H14O5/c1-13-18-19-17(20-13)16-11-9-15(10-12-16)8-7-14-5-3-2-4-6-14;1-3-5(9)7(11)6(10)4(2-8)12-3/h2-6,9-12H,1H3;3-11H,2H2,1H3/t;3-,4?,5?,6-,7?/m.1/s1. The smallest absolute Gasteiger partial charge is 0.247 e. The lowest BCUT2D eigenvalue weighted by atomic mass is 9.96. The highest BCUT2D eigenvalue weighted by molar-refractivity contribution is 5.55. The average Bonchev–Trinajstić information content (AvgIpc) is 3.26. The maximum atomic E-state index is 9.23. The molecule has 0 amide bonds. The summed E-state index contributed by atoms with van der Waals surface area (Å²) in [5, 5.41) is 44.2. The molecule has 0 aliphatic carbocycles. The van der Waals surface area contributed by atoms with Gasteiger partial charge in [0.1, 0.15) is 24.4 Å². The van der Waals surface area contributed by atoms with E-state index in [1.807, 2.05) is 54.6 Å². The molecule has 0 bridgehead atoms. The monoisotopic (exact) mass is 438 g/mol. The van der Waals surface area contributed by atoms with Crippen molar-refractivity contribution in [3.63, 3.8) is 0 Å². The zero-order valence-corrected chi connectivity index (χ0v) is 17.8. The molecule has 2 heterocycles. The topological polar surface area (TPSA) is 129 Å². The van der Waals surface area contributed by atoms with Crippen LogP contribution in [-0.2, 0) is 4.74 Å². The fraction of sp³-hybridized carbons (Fsp3) is 0.333. The number of nitrogens with zero attached hydrogens (tertiary/aromatic N) is 2. The summed E-state index contributed by atoms with van der Waals surface area (Å²) in [6.07, 6.45) is -4.94. The summed E-state index contributed by atoms with van der Waals surface area (Å²) >= 11 is 0. The number of hydrogen-bond donors (Lipinski definition) is 4. The Morgan fingerprint density at radius 3 is 2.03 bits per heavy atom. The SMILES string of the molecule is C[C@H]1OC(CO)[C@@H](O)C(O)C1O.Cc1nnc(-c2ccc(C#Cc3ccccc3)cc2)o1. The molecule has 8 heteroatoms. The summed E-state index contributed by atoms with van der Waals surface area (Å²) in [6.45, 7) is 2.98. The maximum absolute atomic E-state index is 9.23. The fourth-order valence-electron chi connectivity index (χ4n) is 3.06. The van der Waals surface area contributed by atoms with Crippen LogP contribution in [0.1, 0.15) is 23.9 Å². The van der Waals surface area contributed by atoms with Gasteiger partial charge in [-0.05, 0) is 43.3 Å². The Bertz CT molecular complexity index is 1040. The third-order valence-corrected chi connectivity index (χ3v) is 4.91. The van der Waals surface area contributed by atoms with E-state index < -0.39 is 30.5 Å². The van der Waals surface area contributed by atoms with E-state index in [1.54, 1.807) is 13.8 Å². The molecule has 3 aromatic rings. The average molecular weight is 438 g/mol. The summed E-state index contributed by atoms with van der Waals surface area (Å²) < 4.78 is 10.4. The van der Waals surface area contributed by atoms with Gasteiger partial charge in [-0.2, -0.15) is 0 Å². The highest BCUT2D eigenvalue weighted by Gasteiger charge is 2.41. The first-order valence-electron chi connectivity index (χ1n) is 10.2. The van der Waals surface area contributed by atoms with Crippen molar-refractivity contribution in [2.45, 2.75) is 44.4 Å². The van der Waals surface area contributed by atoms with Gasteiger partial charge in [-0.1, -0.05) is 30.0 Å². The second-order valence-corrected chi connectivity index (χ2v) is 7.35. The second kappa shape index (κ2) is 11.0. The van der Waals surface area contributed by atoms with Crippen LogP contribution in [0.2, 0.25) is 0 Å². The van der Waals surface area contributed by atoms with Crippen molar-refractivity contribution in [2.24, 2.45) is 0 Å². The molecule has 4 rings (SSSR count). The number of aliphatic hydroxyl groups is 4. The van der Waals surface area contributed by atoms with Gasteiger partial charge >= 0.3 is 0 Å². The van der Waals surface area contributed by atoms with Crippen LogP contribution in [0.3, 0.4) is 0 Å². The third kappa shape index (κ3) is 6.01. The van der Waals surface area contributed by atoms with Crippen molar-refractivity contribution in [2.75, 3.05) is 6.61 Å². The highest BCUT2D eigenvalue weighted by Crippen LogP contribution is 2.20. The quantitative estimate of drug-likeness (QED) is 0.441. The Morgan fingerprint density at radius 1 is 0.844 bits per heavy atom. The van der Waals surface area contributed by atoms with Crippen LogP contribution < -0.4 is 0 Å². The van der Waals surface area contributed by atoms with E-state index in [4.69, 9.17) is 14.3 Å². The van der Waals surface area contributed by atoms with Crippen molar-refractivity contribution in [3.8, 4) is 23.3 Å². The Labute approximate surface area is 186 Å². The summed E-state index contributed by atoms with van der Waals surface area (Å²) in [6, 6.07) is 17.7. The lowest BCUT2D eigenvalue weighted by Gasteiger charge is -2.38. The molecule has 168 valence electrons. The van der Waals surface area contributed by atoms with Crippen molar-refractivity contribution in [3.05, 3.63) is 71.6 Å². The van der Waals surface area contributed by atoms with Crippen LogP contribution in [-0.4, -0.2) is 67.8 Å². The van der Waals surface area contributed by atoms with Crippen LogP contribution in [0.4, 0.5) is 0 Å². The van der Waals surface area contributed by atoms with Crippen molar-refractivity contribution < 1.29 is 29.6 Å². The number of aryl methyl sites for hydroxylation is 1. The van der Waals surface area contributed by atoms with Crippen LogP contribution in [0.25, 0.3) is 11.5 Å². The third-order valence-electron chi connectivity index (χ3n) is 4.91. The predicted octanol–water partition coefficient (Wildman–Crippen LogP) is 1.29. The highest BCUT2D eigenvalue weighted by atomic mass is 16.5. The van der Waals surface area contributed by atoms with Crippen molar-refractivity contribution in [1.29, 1.82) is 0 Å². The molecule has 2 aromatic carbocycles. The lowest BCUT2D eigenvalue weighted by molar-refractivity contribution is -0.224. The first-order chi connectivity index (χ1) is 15.4. The number of ether oxygens (including phenoxy) is 1. The van der Waals surface area contributed by atoms with E-state index in [9.17, 15) is 15.3 Å². The Morgan fingerprint density at radius 2 is 1.47 bits per heavy atom. The van der Waals surface area contributed by atoms with Crippen LogP contribution in [0.5, 0.6) is 0 Å². The van der Waals surface area contributed by atoms with Crippen molar-refractivity contribution in [1.82, 2.24) is 10.2 Å². The number of hydrogen-bond acceptors (Lipinski definition) is 8. The first kappa shape index (κ1) is 23.6. The molecule has 1 aromatic heterocycles. The Hall–Kier alpha value is -3.06. The van der Waals surface area contributed by atoms with Gasteiger partial charge < -0.3 is 29.6 Å². The fourth-order valence-corrected chi connectivity index (χ4v) is 3.06. The Kier molecular flexibility index (Phi) is 8.11. The van der Waals surface area contributed by atoms with E-state index in [0.29, 0.717) is 11.8 Å². The van der Waals surface area contributed by atoms with Crippen LogP contribution in [0, 0.1) is 18.8 Å². The molecule has 4 N–H and O–H groups in total. The van der Waals surface area contributed by atoms with Gasteiger partial charge in [0.2, 0.25) is 11.8 Å². The van der Waals surface area contributed by atoms with Crippen molar-refractivity contribution >= 4 is 0 Å². The van der Waals surface area contributed by atoms with Gasteiger partial charge in [0, 0.05) is 23.6 Å². The predicted molar refractivity (Wildman–Crippen MR) is 116 cm³/mol. The van der Waals surface area contributed by atoms with Gasteiger partial charge in [-0.15, -0.1) is 10.2 Å². The van der Waals surface area contributed by atoms with E-state index in [0.717, 1.165) is 16.7 Å². The summed E-state index contributed by atoms with van der Waals surface area (Å²) in [4.78, 5) is 0. The molecular weight excluding hydrogens is 412 g/mol. The molecule has 1 aliphatic rings. The molecule has 3 unspecified atom stereocenters. The summed E-state index contributed by atoms with van der Waals surface area (Å²) in [7, 11) is 0. The van der Waals surface area contributed by atoms with E-state index >= 15 is 0 Å². The van der Waals surface area contributed by atoms with Gasteiger partial charge in [0.25, 0.3) is 0 Å². The minimum absolute atomic E-state index is 0.366. The largest absolute Gasteiger partial charge is 0.421 e. The molecule has 1 fully saturated rings. The molecule has 0 radical (unpaired) electrons. The summed E-state index contributed by atoms with van der Waals surface area (Å²) in [5.74, 6) is 7.35. The zero-order chi connectivity index (χ0) is 23.1. The molecule has 8 nitrogen and oxygen atoms in total. The lowest BCUT2D eigenvalue weighted by Crippen LogP contribution is -2.57. The number of aromatic nitrogens is 2. The number of rotatable bonds is 2. The van der Waals surface area contributed by atoms with Gasteiger partial charge in [0.05, 0.1) is 12.7 Å². The second-order valence-electron chi connectivity index (χ2n) is 7.35. The summed E-state index contributed by atoms with van der Waals surface area (Å²) in [5.41, 5.74) is 2.86. The molecule has 0 spiro atoms. The van der Waals surface area contributed by atoms with Gasteiger partial charge in [0.15, 0.2) is 0 Å². The molecule has 32 heavy (non-hydrogen) atoms. The zero-order valence-electron chi connectivity index (χ0n) is 17.8. The molecule has 1 saturated heterocycles. The van der Waals surface area contributed by atoms with Gasteiger partial charge in [-0.25, -0.2) is 0 Å².